The monoisotopic (exact) mass is 321 g/mol. The summed E-state index contributed by atoms with van der Waals surface area (Å²) in [6, 6.07) is 2.99. The van der Waals surface area contributed by atoms with Gasteiger partial charge in [-0.3, -0.25) is 4.90 Å². The minimum Gasteiger partial charge on any atom is -0.387 e. The zero-order valence-electron chi connectivity index (χ0n) is 12.4. The van der Waals surface area contributed by atoms with Crippen LogP contribution in [0.4, 0.5) is 8.78 Å². The van der Waals surface area contributed by atoms with E-state index in [-0.39, 0.29) is 30.4 Å². The van der Waals surface area contributed by atoms with Crippen LogP contribution in [0.3, 0.4) is 0 Å². The summed E-state index contributed by atoms with van der Waals surface area (Å²) in [5.74, 6) is -1.56. The van der Waals surface area contributed by atoms with Gasteiger partial charge in [-0.25, -0.2) is 17.2 Å². The Morgan fingerprint density at radius 2 is 1.90 bits per heavy atom. The first-order valence-electron chi connectivity index (χ1n) is 6.65. The average molecular weight is 321 g/mol. The number of hydrogen-bond donors (Lipinski definition) is 1. The molecule has 1 atom stereocenters. The fourth-order valence-corrected chi connectivity index (χ4v) is 2.50. The van der Waals surface area contributed by atoms with Gasteiger partial charge in [0.15, 0.2) is 0 Å². The Bertz CT molecular complexity index is 576. The smallest absolute Gasteiger partial charge is 0.148 e. The predicted octanol–water partition coefficient (Wildman–Crippen LogP) is 1.75. The van der Waals surface area contributed by atoms with Crippen molar-refractivity contribution in [3.63, 3.8) is 0 Å². The van der Waals surface area contributed by atoms with Gasteiger partial charge in [-0.15, -0.1) is 0 Å². The molecule has 0 aromatic heterocycles. The van der Waals surface area contributed by atoms with Crippen LogP contribution in [-0.2, 0) is 9.84 Å². The zero-order valence-corrected chi connectivity index (χ0v) is 13.2. The number of aliphatic hydroxyl groups excluding tert-OH is 1. The molecular weight excluding hydrogens is 300 g/mol. The second-order valence-electron chi connectivity index (χ2n) is 5.40. The SMILES string of the molecule is CC(C)N(CCS(C)(=O)=O)CC(O)c1ccc(F)cc1F. The second kappa shape index (κ2) is 7.29. The van der Waals surface area contributed by atoms with E-state index in [1.807, 2.05) is 13.8 Å². The Labute approximate surface area is 124 Å². The average Bonchev–Trinajstić information content (AvgIpc) is 2.32. The van der Waals surface area contributed by atoms with Crippen molar-refractivity contribution in [1.29, 1.82) is 0 Å². The van der Waals surface area contributed by atoms with Gasteiger partial charge in [-0.2, -0.15) is 0 Å². The molecule has 1 rings (SSSR count). The molecule has 7 heteroatoms. The van der Waals surface area contributed by atoms with E-state index in [0.29, 0.717) is 0 Å². The first-order valence-corrected chi connectivity index (χ1v) is 8.71. The van der Waals surface area contributed by atoms with Crippen LogP contribution in [0.15, 0.2) is 18.2 Å². The molecule has 0 heterocycles. The predicted molar refractivity (Wildman–Crippen MR) is 77.7 cm³/mol. The molecule has 0 saturated heterocycles. The molecule has 120 valence electrons. The summed E-state index contributed by atoms with van der Waals surface area (Å²) in [5.41, 5.74) is 0.00130. The van der Waals surface area contributed by atoms with Crippen molar-refractivity contribution in [2.75, 3.05) is 25.1 Å². The summed E-state index contributed by atoms with van der Waals surface area (Å²) in [6.07, 6.45) is -0.00533. The molecule has 0 spiro atoms. The molecule has 0 aliphatic heterocycles. The van der Waals surface area contributed by atoms with Crippen LogP contribution in [0.5, 0.6) is 0 Å². The van der Waals surface area contributed by atoms with Crippen molar-refractivity contribution in [3.8, 4) is 0 Å². The lowest BCUT2D eigenvalue weighted by molar-refractivity contribution is 0.0968. The zero-order chi connectivity index (χ0) is 16.2. The maximum absolute atomic E-state index is 13.6. The first kappa shape index (κ1) is 18.0. The Hall–Kier alpha value is -1.05. The fraction of sp³-hybridized carbons (Fsp3) is 0.571. The highest BCUT2D eigenvalue weighted by atomic mass is 32.2. The lowest BCUT2D eigenvalue weighted by Crippen LogP contribution is -2.38. The van der Waals surface area contributed by atoms with E-state index in [4.69, 9.17) is 0 Å². The van der Waals surface area contributed by atoms with Crippen molar-refractivity contribution in [2.24, 2.45) is 0 Å². The van der Waals surface area contributed by atoms with E-state index < -0.39 is 27.6 Å². The van der Waals surface area contributed by atoms with Gasteiger partial charge in [0.2, 0.25) is 0 Å². The molecule has 0 radical (unpaired) electrons. The summed E-state index contributed by atoms with van der Waals surface area (Å²) in [5, 5.41) is 10.1. The second-order valence-corrected chi connectivity index (χ2v) is 7.66. The molecule has 0 aliphatic rings. The van der Waals surface area contributed by atoms with Crippen LogP contribution in [0.25, 0.3) is 0 Å². The first-order chi connectivity index (χ1) is 9.60. The van der Waals surface area contributed by atoms with Crippen LogP contribution in [-0.4, -0.2) is 49.6 Å². The molecular formula is C14H21F2NO3S. The van der Waals surface area contributed by atoms with Crippen LogP contribution in [0, 0.1) is 11.6 Å². The molecule has 0 saturated carbocycles. The van der Waals surface area contributed by atoms with E-state index in [1.165, 1.54) is 6.07 Å². The van der Waals surface area contributed by atoms with E-state index in [0.717, 1.165) is 18.4 Å². The van der Waals surface area contributed by atoms with E-state index in [9.17, 15) is 22.3 Å². The quantitative estimate of drug-likeness (QED) is 0.831. The largest absolute Gasteiger partial charge is 0.387 e. The molecule has 21 heavy (non-hydrogen) atoms. The Balaban J connectivity index is 2.78. The third kappa shape index (κ3) is 6.07. The number of benzene rings is 1. The Morgan fingerprint density at radius 1 is 1.29 bits per heavy atom. The number of sulfone groups is 1. The van der Waals surface area contributed by atoms with Gasteiger partial charge < -0.3 is 5.11 Å². The summed E-state index contributed by atoms with van der Waals surface area (Å²) >= 11 is 0. The Kier molecular flexibility index (Phi) is 6.24. The minimum absolute atomic E-state index is 0.00130. The van der Waals surface area contributed by atoms with Crippen LogP contribution >= 0.6 is 0 Å². The molecule has 0 amide bonds. The lowest BCUT2D eigenvalue weighted by atomic mass is 10.1. The van der Waals surface area contributed by atoms with E-state index >= 15 is 0 Å². The lowest BCUT2D eigenvalue weighted by Gasteiger charge is -2.28. The van der Waals surface area contributed by atoms with Crippen molar-refractivity contribution >= 4 is 9.84 Å². The van der Waals surface area contributed by atoms with Gasteiger partial charge in [0.05, 0.1) is 11.9 Å². The summed E-state index contributed by atoms with van der Waals surface area (Å²) < 4.78 is 48.9. The topological polar surface area (TPSA) is 57.6 Å². The minimum atomic E-state index is -3.11. The van der Waals surface area contributed by atoms with Gasteiger partial charge in [-0.1, -0.05) is 6.07 Å². The van der Waals surface area contributed by atoms with Crippen molar-refractivity contribution in [1.82, 2.24) is 4.90 Å². The standard InChI is InChI=1S/C14H21F2NO3S/c1-10(2)17(6-7-21(3,19)20)9-14(18)12-5-4-11(15)8-13(12)16/h4-5,8,10,14,18H,6-7,9H2,1-3H3. The molecule has 0 aliphatic carbocycles. The summed E-state index contributed by atoms with van der Waals surface area (Å²) in [7, 11) is -3.11. The van der Waals surface area contributed by atoms with Crippen LogP contribution < -0.4 is 0 Å². The number of hydrogen-bond acceptors (Lipinski definition) is 4. The number of nitrogens with zero attached hydrogens (tertiary/aromatic N) is 1. The number of rotatable bonds is 7. The highest BCUT2D eigenvalue weighted by Crippen LogP contribution is 2.20. The molecule has 1 aromatic rings. The highest BCUT2D eigenvalue weighted by molar-refractivity contribution is 7.90. The molecule has 1 N–H and O–H groups in total. The Morgan fingerprint density at radius 3 is 2.38 bits per heavy atom. The van der Waals surface area contributed by atoms with Crippen molar-refractivity contribution in [2.45, 2.75) is 26.0 Å². The maximum Gasteiger partial charge on any atom is 0.148 e. The summed E-state index contributed by atoms with van der Waals surface area (Å²) in [4.78, 5) is 1.74. The van der Waals surface area contributed by atoms with Gasteiger partial charge in [-0.05, 0) is 19.9 Å². The van der Waals surface area contributed by atoms with Gasteiger partial charge >= 0.3 is 0 Å². The molecule has 0 bridgehead atoms. The number of halogens is 2. The van der Waals surface area contributed by atoms with Crippen molar-refractivity contribution < 1.29 is 22.3 Å². The van der Waals surface area contributed by atoms with Gasteiger partial charge in [0, 0.05) is 37.0 Å². The fourth-order valence-electron chi connectivity index (χ4n) is 1.94. The summed E-state index contributed by atoms with van der Waals surface area (Å²) in [6.45, 7) is 4.04. The van der Waals surface area contributed by atoms with Crippen molar-refractivity contribution in [3.05, 3.63) is 35.4 Å². The number of aliphatic hydroxyl groups is 1. The molecule has 1 unspecified atom stereocenters. The molecule has 4 nitrogen and oxygen atoms in total. The van der Waals surface area contributed by atoms with Gasteiger partial charge in [0.1, 0.15) is 21.5 Å². The third-order valence-electron chi connectivity index (χ3n) is 3.21. The molecule has 0 fully saturated rings. The van der Waals surface area contributed by atoms with Crippen LogP contribution in [0.1, 0.15) is 25.5 Å². The van der Waals surface area contributed by atoms with E-state index in [1.54, 1.807) is 4.90 Å². The van der Waals surface area contributed by atoms with E-state index in [2.05, 4.69) is 0 Å². The molecule has 1 aromatic carbocycles. The highest BCUT2D eigenvalue weighted by Gasteiger charge is 2.20. The third-order valence-corrected chi connectivity index (χ3v) is 4.13. The maximum atomic E-state index is 13.6. The normalized spacial score (nSPS) is 13.9. The van der Waals surface area contributed by atoms with Gasteiger partial charge in [0.25, 0.3) is 0 Å². The van der Waals surface area contributed by atoms with Crippen LogP contribution in [0.2, 0.25) is 0 Å².